The molecule has 304 valence electrons. The molecule has 0 heterocycles. The van der Waals surface area contributed by atoms with Gasteiger partial charge < -0.3 is 35.0 Å². The van der Waals surface area contributed by atoms with Gasteiger partial charge in [-0.1, -0.05) is 112 Å². The number of aliphatic hydroxyl groups excluding tert-OH is 3. The van der Waals surface area contributed by atoms with Gasteiger partial charge in [0.1, 0.15) is 24.4 Å². The number of hydrogen-bond acceptors (Lipinski definition) is 9. The SMILES string of the molecule is CC(O)C(=O)OC1(C)CCC(C(C)C)CC1.CCCCCCCC(=O)O.CCCCCCCC(=O)O.CCCCCCCC(=O)OCC(O)CO. The number of aliphatic hydroxyl groups is 3. The summed E-state index contributed by atoms with van der Waals surface area (Å²) in [6.07, 6.45) is 19.7. The molecule has 1 saturated carbocycles. The largest absolute Gasteiger partial charge is 0.481 e. The first kappa shape index (κ1) is 53.1. The number of esters is 2. The van der Waals surface area contributed by atoms with E-state index in [1.807, 2.05) is 6.92 Å². The molecule has 1 aliphatic rings. The summed E-state index contributed by atoms with van der Waals surface area (Å²) < 4.78 is 10.1. The van der Waals surface area contributed by atoms with Crippen molar-refractivity contribution in [2.75, 3.05) is 13.2 Å². The van der Waals surface area contributed by atoms with Crippen LogP contribution in [-0.4, -0.2) is 80.4 Å². The van der Waals surface area contributed by atoms with Crippen LogP contribution in [0.3, 0.4) is 0 Å². The Morgan fingerprint density at radius 3 is 1.39 bits per heavy atom. The molecule has 0 saturated heterocycles. The highest BCUT2D eigenvalue weighted by atomic mass is 16.6. The van der Waals surface area contributed by atoms with Crippen molar-refractivity contribution in [3.05, 3.63) is 0 Å². The number of carbonyl (C=O) groups excluding carboxylic acids is 2. The van der Waals surface area contributed by atoms with Gasteiger partial charge in [-0.15, -0.1) is 0 Å². The molecular formula is C40H78O11. The highest BCUT2D eigenvalue weighted by molar-refractivity contribution is 5.74. The van der Waals surface area contributed by atoms with E-state index >= 15 is 0 Å². The summed E-state index contributed by atoms with van der Waals surface area (Å²) in [5.41, 5.74) is -0.362. The van der Waals surface area contributed by atoms with Crippen LogP contribution in [0.15, 0.2) is 0 Å². The van der Waals surface area contributed by atoms with Crippen molar-refractivity contribution in [3.8, 4) is 0 Å². The Bertz CT molecular complexity index is 812. The number of ether oxygens (including phenoxy) is 2. The lowest BCUT2D eigenvalue weighted by molar-refractivity contribution is -0.171. The fourth-order valence-corrected chi connectivity index (χ4v) is 5.29. The molecule has 1 aliphatic carbocycles. The van der Waals surface area contributed by atoms with E-state index in [9.17, 15) is 19.2 Å². The third-order valence-electron chi connectivity index (χ3n) is 8.84. The molecule has 11 nitrogen and oxygen atoms in total. The highest BCUT2D eigenvalue weighted by Crippen LogP contribution is 2.37. The third-order valence-corrected chi connectivity index (χ3v) is 8.84. The molecule has 1 fully saturated rings. The van der Waals surface area contributed by atoms with Gasteiger partial charge in [-0.3, -0.25) is 14.4 Å². The highest BCUT2D eigenvalue weighted by Gasteiger charge is 2.36. The van der Waals surface area contributed by atoms with Gasteiger partial charge in [-0.2, -0.15) is 0 Å². The molecule has 0 spiro atoms. The molecule has 0 aromatic rings. The number of carboxylic acid groups (broad SMARTS) is 2. The Balaban J connectivity index is -0.000000617. The molecule has 0 aromatic heterocycles. The zero-order chi connectivity index (χ0) is 39.5. The van der Waals surface area contributed by atoms with Gasteiger partial charge in [-0.05, 0) is 70.6 Å². The summed E-state index contributed by atoms with van der Waals surface area (Å²) >= 11 is 0. The second kappa shape index (κ2) is 36.1. The summed E-state index contributed by atoms with van der Waals surface area (Å²) in [6, 6.07) is 0. The molecule has 0 amide bonds. The van der Waals surface area contributed by atoms with Gasteiger partial charge in [0.15, 0.2) is 0 Å². The molecule has 1 rings (SSSR count). The van der Waals surface area contributed by atoms with E-state index in [4.69, 9.17) is 35.0 Å². The van der Waals surface area contributed by atoms with Crippen LogP contribution in [0.2, 0.25) is 0 Å². The van der Waals surface area contributed by atoms with E-state index in [0.29, 0.717) is 25.2 Å². The first-order chi connectivity index (χ1) is 24.1. The fraction of sp³-hybridized carbons (Fsp3) is 0.900. The number of unbranched alkanes of at least 4 members (excludes halogenated alkanes) is 12. The smallest absolute Gasteiger partial charge is 0.335 e. The molecule has 0 bridgehead atoms. The van der Waals surface area contributed by atoms with Gasteiger partial charge >= 0.3 is 23.9 Å². The topological polar surface area (TPSA) is 188 Å². The molecule has 0 radical (unpaired) electrons. The van der Waals surface area contributed by atoms with Crippen LogP contribution in [0, 0.1) is 11.8 Å². The first-order valence-corrected chi connectivity index (χ1v) is 19.9. The van der Waals surface area contributed by atoms with Crippen LogP contribution in [-0.2, 0) is 28.7 Å². The maximum absolute atomic E-state index is 11.4. The maximum Gasteiger partial charge on any atom is 0.335 e. The van der Waals surface area contributed by atoms with Gasteiger partial charge in [0.05, 0.1) is 6.61 Å². The minimum Gasteiger partial charge on any atom is -0.481 e. The van der Waals surface area contributed by atoms with Crippen LogP contribution >= 0.6 is 0 Å². The number of rotatable bonds is 24. The normalized spacial score (nSPS) is 17.7. The first-order valence-electron chi connectivity index (χ1n) is 19.9. The second-order valence-electron chi connectivity index (χ2n) is 14.4. The van der Waals surface area contributed by atoms with E-state index < -0.39 is 30.1 Å². The van der Waals surface area contributed by atoms with Crippen molar-refractivity contribution in [2.45, 2.75) is 208 Å². The van der Waals surface area contributed by atoms with Crippen LogP contribution in [0.5, 0.6) is 0 Å². The van der Waals surface area contributed by atoms with E-state index in [-0.39, 0.29) is 24.8 Å². The standard InChI is InChI=1S/C13H24O3.C11H22O4.2C8H16O2/c1-9(2)11-5-7-13(4,8-6-11)16-12(15)10(3)14;1-2-3-4-5-6-7-11(14)15-9-10(13)8-12;2*1-2-3-4-5-6-7-8(9)10/h9-11,14H,5-8H2,1-4H3;10,12-13H,2-9H2,1H3;2*2-7H2,1H3,(H,9,10). The predicted octanol–water partition coefficient (Wildman–Crippen LogP) is 8.62. The fourth-order valence-electron chi connectivity index (χ4n) is 5.29. The Hall–Kier alpha value is -2.24. The number of carbonyl (C=O) groups is 4. The maximum atomic E-state index is 11.4. The van der Waals surface area contributed by atoms with Crippen molar-refractivity contribution in [3.63, 3.8) is 0 Å². The van der Waals surface area contributed by atoms with Crippen LogP contribution in [0.4, 0.5) is 0 Å². The lowest BCUT2D eigenvalue weighted by atomic mass is 9.75. The molecule has 2 atom stereocenters. The lowest BCUT2D eigenvalue weighted by Crippen LogP contribution is -2.39. The molecule has 5 N–H and O–H groups in total. The number of carboxylic acids is 2. The van der Waals surface area contributed by atoms with Gasteiger partial charge in [-0.25, -0.2) is 4.79 Å². The summed E-state index contributed by atoms with van der Waals surface area (Å²) in [5, 5.41) is 43.1. The lowest BCUT2D eigenvalue weighted by Gasteiger charge is -2.38. The Kier molecular flexibility index (Phi) is 37.6. The van der Waals surface area contributed by atoms with E-state index in [0.717, 1.165) is 76.5 Å². The van der Waals surface area contributed by atoms with Crippen molar-refractivity contribution < 1.29 is 54.2 Å². The number of aliphatic carboxylic acids is 2. The summed E-state index contributed by atoms with van der Waals surface area (Å²) in [7, 11) is 0. The Labute approximate surface area is 310 Å². The van der Waals surface area contributed by atoms with Crippen LogP contribution < -0.4 is 0 Å². The van der Waals surface area contributed by atoms with Crippen molar-refractivity contribution in [1.29, 1.82) is 0 Å². The molecule has 11 heteroatoms. The van der Waals surface area contributed by atoms with E-state index in [1.165, 1.54) is 58.3 Å². The van der Waals surface area contributed by atoms with Gasteiger partial charge in [0.25, 0.3) is 0 Å². The molecule has 0 aromatic carbocycles. The third kappa shape index (κ3) is 38.8. The van der Waals surface area contributed by atoms with Crippen molar-refractivity contribution in [2.24, 2.45) is 11.8 Å². The zero-order valence-electron chi connectivity index (χ0n) is 33.5. The van der Waals surface area contributed by atoms with E-state index in [1.54, 1.807) is 0 Å². The predicted molar refractivity (Wildman–Crippen MR) is 202 cm³/mol. The van der Waals surface area contributed by atoms with Gasteiger partial charge in [0, 0.05) is 19.3 Å². The quantitative estimate of drug-likeness (QED) is 0.0472. The molecule has 51 heavy (non-hydrogen) atoms. The molecular weight excluding hydrogens is 656 g/mol. The van der Waals surface area contributed by atoms with Crippen molar-refractivity contribution >= 4 is 23.9 Å². The minimum atomic E-state index is -1.01. The second-order valence-corrected chi connectivity index (χ2v) is 14.4. The monoisotopic (exact) mass is 735 g/mol. The van der Waals surface area contributed by atoms with Crippen LogP contribution in [0.25, 0.3) is 0 Å². The molecule has 0 aliphatic heterocycles. The molecule has 2 unspecified atom stereocenters. The average molecular weight is 735 g/mol. The van der Waals surface area contributed by atoms with Gasteiger partial charge in [0.2, 0.25) is 0 Å². The Morgan fingerprint density at radius 1 is 0.667 bits per heavy atom. The van der Waals surface area contributed by atoms with Crippen LogP contribution in [0.1, 0.15) is 190 Å². The van der Waals surface area contributed by atoms with E-state index in [2.05, 4.69) is 34.6 Å². The Morgan fingerprint density at radius 2 is 1.06 bits per heavy atom. The minimum absolute atomic E-state index is 0.107. The summed E-state index contributed by atoms with van der Waals surface area (Å²) in [6.45, 7) is 13.9. The summed E-state index contributed by atoms with van der Waals surface area (Å²) in [5.74, 6) is -0.673. The van der Waals surface area contributed by atoms with Crippen molar-refractivity contribution in [1.82, 2.24) is 0 Å². The number of hydrogen-bond donors (Lipinski definition) is 5. The average Bonchev–Trinajstić information content (AvgIpc) is 3.07. The zero-order valence-corrected chi connectivity index (χ0v) is 33.5. The summed E-state index contributed by atoms with van der Waals surface area (Å²) in [4.78, 5) is 42.5.